The number of benzene rings is 2. The van der Waals surface area contributed by atoms with E-state index in [4.69, 9.17) is 0 Å². The lowest BCUT2D eigenvalue weighted by Gasteiger charge is -2.07. The normalized spacial score (nSPS) is 10.8. The molecule has 106 valence electrons. The van der Waals surface area contributed by atoms with Crippen molar-refractivity contribution >= 4 is 21.6 Å². The Morgan fingerprint density at radius 3 is 1.75 bits per heavy atom. The molecule has 2 aromatic carbocycles. The van der Waals surface area contributed by atoms with Gasteiger partial charge >= 0.3 is 0 Å². The van der Waals surface area contributed by atoms with Crippen LogP contribution in [0.1, 0.15) is 5.56 Å². The van der Waals surface area contributed by atoms with E-state index in [-0.39, 0.29) is 5.75 Å². The van der Waals surface area contributed by atoms with Crippen molar-refractivity contribution in [2.75, 3.05) is 0 Å². The van der Waals surface area contributed by atoms with E-state index in [1.165, 1.54) is 10.8 Å². The molecule has 0 unspecified atom stereocenters. The van der Waals surface area contributed by atoms with Gasteiger partial charge in [-0.1, -0.05) is 39.8 Å². The summed E-state index contributed by atoms with van der Waals surface area (Å²) in [4.78, 5) is 0.821. The lowest BCUT2D eigenvalue weighted by Crippen LogP contribution is -2.05. The average molecular weight is 322 g/mol. The fourth-order valence-electron chi connectivity index (χ4n) is 1.41. The van der Waals surface area contributed by atoms with Crippen molar-refractivity contribution in [3.8, 4) is 0 Å². The van der Waals surface area contributed by atoms with Gasteiger partial charge in [-0.3, -0.25) is 0 Å². The molecule has 0 aliphatic carbocycles. The van der Waals surface area contributed by atoms with Gasteiger partial charge in [-0.15, -0.1) is 0 Å². The van der Waals surface area contributed by atoms with Crippen LogP contribution in [-0.4, -0.2) is 0 Å². The number of hydrogen-bond donors (Lipinski definition) is 0. The molecule has 0 aliphatic heterocycles. The molecule has 0 spiro atoms. The molecule has 0 saturated carbocycles. The molecule has 2 aromatic rings. The van der Waals surface area contributed by atoms with Crippen LogP contribution < -0.4 is 0 Å². The summed E-state index contributed by atoms with van der Waals surface area (Å²) in [5.41, 5.74) is -0.810. The lowest BCUT2D eigenvalue weighted by atomic mass is 10.2. The maximum atomic E-state index is 13.4. The zero-order valence-corrected chi connectivity index (χ0v) is 11.4. The first kappa shape index (κ1) is 15.2. The fourth-order valence-corrected chi connectivity index (χ4v) is 3.52. The van der Waals surface area contributed by atoms with Gasteiger partial charge in [-0.2, -0.15) is 0 Å². The van der Waals surface area contributed by atoms with E-state index in [0.717, 1.165) is 15.7 Å². The molecule has 0 aromatic heterocycles. The van der Waals surface area contributed by atoms with Crippen molar-refractivity contribution in [1.82, 2.24) is 0 Å². The average Bonchev–Trinajstić information content (AvgIpc) is 2.48. The van der Waals surface area contributed by atoms with E-state index in [1.54, 1.807) is 30.3 Å². The number of halogens is 5. The molecule has 0 atom stereocenters. The number of hydrogen-bond acceptors (Lipinski definition) is 2. The molecule has 0 heterocycles. The van der Waals surface area contributed by atoms with Crippen molar-refractivity contribution < 1.29 is 22.0 Å². The lowest BCUT2D eigenvalue weighted by molar-refractivity contribution is 0.372. The highest BCUT2D eigenvalue weighted by Crippen LogP contribution is 2.35. The Morgan fingerprint density at radius 2 is 1.20 bits per heavy atom. The van der Waals surface area contributed by atoms with Crippen molar-refractivity contribution in [2.24, 2.45) is 0 Å². The second kappa shape index (κ2) is 6.49. The molecule has 0 nitrogen and oxygen atoms in total. The van der Waals surface area contributed by atoms with E-state index in [0.29, 0.717) is 0 Å². The Balaban J connectivity index is 2.14. The summed E-state index contributed by atoms with van der Waals surface area (Å²) in [6.45, 7) is 0. The monoisotopic (exact) mass is 322 g/mol. The van der Waals surface area contributed by atoms with Gasteiger partial charge in [0.1, 0.15) is 0 Å². The molecule has 0 aliphatic rings. The van der Waals surface area contributed by atoms with Crippen LogP contribution in [0.4, 0.5) is 22.0 Å². The predicted octanol–water partition coefficient (Wildman–Crippen LogP) is 5.32. The Morgan fingerprint density at radius 1 is 0.700 bits per heavy atom. The van der Waals surface area contributed by atoms with Crippen molar-refractivity contribution in [2.45, 2.75) is 10.6 Å². The molecule has 2 rings (SSSR count). The van der Waals surface area contributed by atoms with Gasteiger partial charge in [-0.25, -0.2) is 22.0 Å². The van der Waals surface area contributed by atoms with Crippen LogP contribution in [0.2, 0.25) is 0 Å². The topological polar surface area (TPSA) is 0 Å². The van der Waals surface area contributed by atoms with Gasteiger partial charge in [0.05, 0.1) is 0 Å². The summed E-state index contributed by atoms with van der Waals surface area (Å²) in [5.74, 6) is -9.84. The summed E-state index contributed by atoms with van der Waals surface area (Å²) < 4.78 is 65.6. The minimum absolute atomic E-state index is 0.328. The number of rotatable bonds is 4. The Bertz CT molecular complexity index is 587. The summed E-state index contributed by atoms with van der Waals surface area (Å²) in [6, 6.07) is 8.91. The summed E-state index contributed by atoms with van der Waals surface area (Å²) in [5, 5.41) is 0. The standard InChI is InChI=1S/C13H7F5S2/c14-9-8(10(15)12(17)13(18)11(9)16)6-19-20-7-4-2-1-3-5-7/h1-5H,6H2. The fraction of sp³-hybridized carbons (Fsp3) is 0.0769. The van der Waals surface area contributed by atoms with Crippen LogP contribution in [0.3, 0.4) is 0 Å². The summed E-state index contributed by atoms with van der Waals surface area (Å²) in [7, 11) is 2.19. The molecule has 0 fully saturated rings. The van der Waals surface area contributed by atoms with Crippen molar-refractivity contribution in [3.05, 3.63) is 65.0 Å². The van der Waals surface area contributed by atoms with Crippen LogP contribution in [0.15, 0.2) is 35.2 Å². The zero-order valence-electron chi connectivity index (χ0n) is 9.80. The SMILES string of the molecule is Fc1c(F)c(F)c(CSSc2ccccc2)c(F)c1F. The molecule has 0 saturated heterocycles. The van der Waals surface area contributed by atoms with E-state index < -0.39 is 34.6 Å². The van der Waals surface area contributed by atoms with Gasteiger partial charge in [0, 0.05) is 16.2 Å². The van der Waals surface area contributed by atoms with Gasteiger partial charge in [0.25, 0.3) is 0 Å². The highest BCUT2D eigenvalue weighted by atomic mass is 33.1. The van der Waals surface area contributed by atoms with Crippen molar-refractivity contribution in [3.63, 3.8) is 0 Å². The highest BCUT2D eigenvalue weighted by molar-refractivity contribution is 8.76. The molecular formula is C13H7F5S2. The molecule has 0 N–H and O–H groups in total. The van der Waals surface area contributed by atoms with Gasteiger partial charge in [0.15, 0.2) is 23.3 Å². The molecule has 20 heavy (non-hydrogen) atoms. The van der Waals surface area contributed by atoms with Gasteiger partial charge < -0.3 is 0 Å². The zero-order chi connectivity index (χ0) is 14.7. The van der Waals surface area contributed by atoms with E-state index in [1.807, 2.05) is 0 Å². The second-order valence-electron chi connectivity index (χ2n) is 3.71. The Labute approximate surface area is 119 Å². The maximum Gasteiger partial charge on any atom is 0.200 e. The molecule has 0 amide bonds. The van der Waals surface area contributed by atoms with Crippen LogP contribution in [0.5, 0.6) is 0 Å². The predicted molar refractivity (Wildman–Crippen MR) is 69.8 cm³/mol. The van der Waals surface area contributed by atoms with Gasteiger partial charge in [-0.05, 0) is 12.1 Å². The third-order valence-electron chi connectivity index (χ3n) is 2.40. The van der Waals surface area contributed by atoms with Crippen LogP contribution in [-0.2, 0) is 5.75 Å². The quantitative estimate of drug-likeness (QED) is 0.323. The first-order valence-electron chi connectivity index (χ1n) is 5.37. The molecular weight excluding hydrogens is 315 g/mol. The largest absolute Gasteiger partial charge is 0.203 e. The molecule has 0 radical (unpaired) electrons. The van der Waals surface area contributed by atoms with Gasteiger partial charge in [0.2, 0.25) is 5.82 Å². The smallest absolute Gasteiger partial charge is 0.200 e. The minimum atomic E-state index is -2.13. The van der Waals surface area contributed by atoms with Crippen LogP contribution >= 0.6 is 21.6 Å². The third kappa shape index (κ3) is 3.09. The maximum absolute atomic E-state index is 13.4. The van der Waals surface area contributed by atoms with Crippen LogP contribution in [0.25, 0.3) is 0 Å². The molecule has 7 heteroatoms. The van der Waals surface area contributed by atoms with Crippen molar-refractivity contribution in [1.29, 1.82) is 0 Å². The summed E-state index contributed by atoms with van der Waals surface area (Å²) >= 11 is 0. The Kier molecular flexibility index (Phi) is 4.93. The molecule has 0 bridgehead atoms. The van der Waals surface area contributed by atoms with E-state index in [2.05, 4.69) is 0 Å². The third-order valence-corrected chi connectivity index (χ3v) is 4.68. The summed E-state index contributed by atoms with van der Waals surface area (Å²) in [6.07, 6.45) is 0. The highest BCUT2D eigenvalue weighted by Gasteiger charge is 2.25. The minimum Gasteiger partial charge on any atom is -0.203 e. The first-order valence-corrected chi connectivity index (χ1v) is 7.69. The second-order valence-corrected chi connectivity index (χ2v) is 6.08. The Hall–Kier alpha value is -1.21. The van der Waals surface area contributed by atoms with E-state index >= 15 is 0 Å². The van der Waals surface area contributed by atoms with E-state index in [9.17, 15) is 22.0 Å². The van der Waals surface area contributed by atoms with Crippen LogP contribution in [0, 0.1) is 29.1 Å². The first-order chi connectivity index (χ1) is 9.52.